The molecule has 0 radical (unpaired) electrons. The van der Waals surface area contributed by atoms with Crippen LogP contribution in [0.5, 0.6) is 0 Å². The van der Waals surface area contributed by atoms with Crippen LogP contribution in [0, 0.1) is 5.41 Å². The minimum atomic E-state index is 0.536. The zero-order chi connectivity index (χ0) is 9.45. The Hall–Kier alpha value is 0.830. The number of hydrogen-bond donors (Lipinski definition) is 0. The van der Waals surface area contributed by atoms with E-state index in [0.29, 0.717) is 5.41 Å². The fourth-order valence-corrected chi connectivity index (χ4v) is 2.40. The molecule has 0 aromatic rings. The average Bonchev–Trinajstić information content (AvgIpc) is 2.12. The van der Waals surface area contributed by atoms with Crippen LogP contribution >= 0.6 is 27.7 Å². The van der Waals surface area contributed by atoms with Crippen molar-refractivity contribution in [3.63, 3.8) is 0 Å². The van der Waals surface area contributed by atoms with Crippen molar-refractivity contribution in [1.82, 2.24) is 0 Å². The molecule has 0 fully saturated rings. The molecule has 1 atom stereocenters. The smallest absolute Gasteiger partial charge is 0.00852 e. The summed E-state index contributed by atoms with van der Waals surface area (Å²) in [6.07, 6.45) is 4.02. The van der Waals surface area contributed by atoms with Gasteiger partial charge in [0, 0.05) is 5.33 Å². The van der Waals surface area contributed by atoms with E-state index in [2.05, 4.69) is 48.5 Å². The van der Waals surface area contributed by atoms with E-state index in [1.807, 2.05) is 0 Å². The van der Waals surface area contributed by atoms with Crippen LogP contribution < -0.4 is 0 Å². The van der Waals surface area contributed by atoms with Crippen LogP contribution in [-0.4, -0.2) is 16.8 Å². The van der Waals surface area contributed by atoms with Crippen molar-refractivity contribution >= 4 is 27.7 Å². The summed E-state index contributed by atoms with van der Waals surface area (Å²) in [5.41, 5.74) is 0.536. The Kier molecular flexibility index (Phi) is 7.76. The molecule has 0 bridgehead atoms. The molecule has 12 heavy (non-hydrogen) atoms. The lowest BCUT2D eigenvalue weighted by atomic mass is 9.85. The van der Waals surface area contributed by atoms with Crippen molar-refractivity contribution < 1.29 is 0 Å². The highest BCUT2D eigenvalue weighted by Gasteiger charge is 2.19. The molecule has 0 aliphatic rings. The SMILES string of the molecule is CCSCCCC(C)(CC)CBr. The standard InChI is InChI=1S/C10H21BrS/c1-4-10(3,9-11)7-6-8-12-5-2/h4-9H2,1-3H3. The van der Waals surface area contributed by atoms with Crippen molar-refractivity contribution in [2.24, 2.45) is 5.41 Å². The molecule has 1 unspecified atom stereocenters. The molecular weight excluding hydrogens is 232 g/mol. The van der Waals surface area contributed by atoms with Crippen molar-refractivity contribution in [3.05, 3.63) is 0 Å². The van der Waals surface area contributed by atoms with Crippen LogP contribution in [-0.2, 0) is 0 Å². The van der Waals surface area contributed by atoms with E-state index in [1.54, 1.807) is 0 Å². The van der Waals surface area contributed by atoms with Gasteiger partial charge in [-0.05, 0) is 36.2 Å². The van der Waals surface area contributed by atoms with E-state index >= 15 is 0 Å². The summed E-state index contributed by atoms with van der Waals surface area (Å²) in [7, 11) is 0. The van der Waals surface area contributed by atoms with Crippen molar-refractivity contribution in [2.45, 2.75) is 40.0 Å². The van der Waals surface area contributed by atoms with E-state index in [-0.39, 0.29) is 0 Å². The maximum absolute atomic E-state index is 3.59. The lowest BCUT2D eigenvalue weighted by Gasteiger charge is -2.25. The van der Waals surface area contributed by atoms with Crippen LogP contribution in [0.4, 0.5) is 0 Å². The third-order valence-corrected chi connectivity index (χ3v) is 4.79. The molecule has 0 spiro atoms. The van der Waals surface area contributed by atoms with Crippen LogP contribution in [0.1, 0.15) is 40.0 Å². The van der Waals surface area contributed by atoms with Gasteiger partial charge in [0.2, 0.25) is 0 Å². The highest BCUT2D eigenvalue weighted by Crippen LogP contribution is 2.29. The molecule has 0 aromatic heterocycles. The first-order valence-corrected chi connectivity index (χ1v) is 7.10. The van der Waals surface area contributed by atoms with E-state index < -0.39 is 0 Å². The summed E-state index contributed by atoms with van der Waals surface area (Å²) in [5.74, 6) is 2.59. The number of thioether (sulfide) groups is 1. The largest absolute Gasteiger partial charge is 0.162 e. The fraction of sp³-hybridized carbons (Fsp3) is 1.00. The summed E-state index contributed by atoms with van der Waals surface area (Å²) in [4.78, 5) is 0. The highest BCUT2D eigenvalue weighted by atomic mass is 79.9. The van der Waals surface area contributed by atoms with E-state index in [1.165, 1.54) is 30.8 Å². The Bertz CT molecular complexity index is 100. The van der Waals surface area contributed by atoms with Gasteiger partial charge in [0.15, 0.2) is 0 Å². The van der Waals surface area contributed by atoms with E-state index in [9.17, 15) is 0 Å². The van der Waals surface area contributed by atoms with E-state index in [0.717, 1.165) is 5.33 Å². The minimum absolute atomic E-state index is 0.536. The van der Waals surface area contributed by atoms with Gasteiger partial charge in [-0.25, -0.2) is 0 Å². The second kappa shape index (κ2) is 7.25. The summed E-state index contributed by atoms with van der Waals surface area (Å²) < 4.78 is 0. The summed E-state index contributed by atoms with van der Waals surface area (Å²) in [5, 5.41) is 1.15. The van der Waals surface area contributed by atoms with Crippen LogP contribution in [0.15, 0.2) is 0 Å². The quantitative estimate of drug-likeness (QED) is 0.480. The predicted octanol–water partition coefficient (Wildman–Crippen LogP) is 4.33. The first-order valence-electron chi connectivity index (χ1n) is 4.82. The summed E-state index contributed by atoms with van der Waals surface area (Å²) in [6.45, 7) is 6.89. The highest BCUT2D eigenvalue weighted by molar-refractivity contribution is 9.09. The number of alkyl halides is 1. The third-order valence-electron chi connectivity index (χ3n) is 2.45. The zero-order valence-corrected chi connectivity index (χ0v) is 10.9. The molecule has 0 rings (SSSR count). The lowest BCUT2D eigenvalue weighted by Crippen LogP contribution is -2.16. The molecule has 0 aromatic carbocycles. The molecule has 0 saturated carbocycles. The third kappa shape index (κ3) is 5.47. The van der Waals surface area contributed by atoms with Gasteiger partial charge in [-0.1, -0.05) is 36.7 Å². The Morgan fingerprint density at radius 1 is 1.33 bits per heavy atom. The first kappa shape index (κ1) is 12.8. The lowest BCUT2D eigenvalue weighted by molar-refractivity contribution is 0.331. The Balaban J connectivity index is 3.45. The molecule has 0 amide bonds. The van der Waals surface area contributed by atoms with Gasteiger partial charge in [0.05, 0.1) is 0 Å². The van der Waals surface area contributed by atoms with Crippen LogP contribution in [0.2, 0.25) is 0 Å². The van der Waals surface area contributed by atoms with Gasteiger partial charge in [0.1, 0.15) is 0 Å². The maximum Gasteiger partial charge on any atom is 0.00852 e. The Labute approximate surface area is 90.0 Å². The molecule has 0 aliphatic carbocycles. The minimum Gasteiger partial charge on any atom is -0.162 e. The van der Waals surface area contributed by atoms with Crippen molar-refractivity contribution in [3.8, 4) is 0 Å². The second-order valence-electron chi connectivity index (χ2n) is 3.60. The average molecular weight is 253 g/mol. The monoisotopic (exact) mass is 252 g/mol. The summed E-state index contributed by atoms with van der Waals surface area (Å²) in [6, 6.07) is 0. The van der Waals surface area contributed by atoms with Gasteiger partial charge in [0.25, 0.3) is 0 Å². The van der Waals surface area contributed by atoms with Gasteiger partial charge in [-0.3, -0.25) is 0 Å². The molecule has 2 heteroatoms. The molecular formula is C10H21BrS. The molecule has 0 N–H and O–H groups in total. The molecule has 74 valence electrons. The van der Waals surface area contributed by atoms with Crippen molar-refractivity contribution in [1.29, 1.82) is 0 Å². The molecule has 0 heterocycles. The molecule has 0 saturated heterocycles. The van der Waals surface area contributed by atoms with E-state index in [4.69, 9.17) is 0 Å². The Morgan fingerprint density at radius 3 is 2.42 bits per heavy atom. The normalized spacial score (nSPS) is 16.0. The van der Waals surface area contributed by atoms with Gasteiger partial charge < -0.3 is 0 Å². The molecule has 0 aliphatic heterocycles. The number of rotatable bonds is 7. The number of halogens is 1. The maximum atomic E-state index is 3.59. The topological polar surface area (TPSA) is 0 Å². The van der Waals surface area contributed by atoms with Crippen molar-refractivity contribution in [2.75, 3.05) is 16.8 Å². The Morgan fingerprint density at radius 2 is 2.00 bits per heavy atom. The molecule has 0 nitrogen and oxygen atoms in total. The zero-order valence-electron chi connectivity index (χ0n) is 8.53. The van der Waals surface area contributed by atoms with Gasteiger partial charge >= 0.3 is 0 Å². The summed E-state index contributed by atoms with van der Waals surface area (Å²) >= 11 is 5.65. The first-order chi connectivity index (χ1) is 5.68. The second-order valence-corrected chi connectivity index (χ2v) is 5.55. The van der Waals surface area contributed by atoms with Gasteiger partial charge in [-0.2, -0.15) is 11.8 Å². The predicted molar refractivity (Wildman–Crippen MR) is 64.4 cm³/mol. The van der Waals surface area contributed by atoms with Crippen LogP contribution in [0.3, 0.4) is 0 Å². The number of hydrogen-bond acceptors (Lipinski definition) is 1. The van der Waals surface area contributed by atoms with Crippen LogP contribution in [0.25, 0.3) is 0 Å². The fourth-order valence-electron chi connectivity index (χ4n) is 1.08. The van der Waals surface area contributed by atoms with Gasteiger partial charge in [-0.15, -0.1) is 0 Å².